The number of hydrogen-bond acceptors (Lipinski definition) is 4. The zero-order valence-electron chi connectivity index (χ0n) is 72.5. The van der Waals surface area contributed by atoms with Gasteiger partial charge in [-0.1, -0.05) is 376 Å². The van der Waals surface area contributed by atoms with Crippen molar-refractivity contribution in [2.24, 2.45) is 0 Å². The molecule has 19 aromatic carbocycles. The van der Waals surface area contributed by atoms with Gasteiger partial charge in [0.1, 0.15) is 11.2 Å². The van der Waals surface area contributed by atoms with Gasteiger partial charge in [0.05, 0.1) is 23.3 Å². The summed E-state index contributed by atoms with van der Waals surface area (Å²) in [5, 5.41) is 44.7. The monoisotopic (exact) mass is 1600 g/mol. The summed E-state index contributed by atoms with van der Waals surface area (Å²) >= 11 is 1.89. The summed E-state index contributed by atoms with van der Waals surface area (Å²) in [7, 11) is 0. The van der Waals surface area contributed by atoms with Crippen LogP contribution < -0.4 is 0 Å². The van der Waals surface area contributed by atoms with Crippen molar-refractivity contribution < 1.29 is 4.42 Å². The molecule has 4 heteroatoms. The number of nitrogens with zero attached hydrogens (tertiary/aromatic N) is 2. The van der Waals surface area contributed by atoms with Crippen LogP contribution in [0.3, 0.4) is 0 Å². The van der Waals surface area contributed by atoms with Gasteiger partial charge in [0.15, 0.2) is 0 Å². The zero-order chi connectivity index (χ0) is 85.2. The predicted molar refractivity (Wildman–Crippen MR) is 530 cm³/mol. The van der Waals surface area contributed by atoms with Gasteiger partial charge in [-0.2, -0.15) is 10.5 Å². The first kappa shape index (κ1) is 79.1. The summed E-state index contributed by atoms with van der Waals surface area (Å²) in [4.78, 5) is 0. The number of benzene rings is 19. The van der Waals surface area contributed by atoms with Crippen molar-refractivity contribution in [3.05, 3.63) is 384 Å². The largest absolute Gasteiger partial charge is 0.456 e. The highest BCUT2D eigenvalue weighted by molar-refractivity contribution is 7.25. The van der Waals surface area contributed by atoms with Crippen LogP contribution in [0.15, 0.2) is 344 Å². The molecule has 0 saturated carbocycles. The molecular formula is C119H98N2OS. The molecule has 22 rings (SSSR count). The average Bonchev–Trinajstić information content (AvgIpc) is 1.71. The van der Waals surface area contributed by atoms with E-state index in [0.29, 0.717) is 5.56 Å². The van der Waals surface area contributed by atoms with Gasteiger partial charge in [-0.3, -0.25) is 0 Å². The number of thiophene rings is 1. The first-order valence-corrected chi connectivity index (χ1v) is 43.9. The van der Waals surface area contributed by atoms with Crippen molar-refractivity contribution >= 4 is 140 Å². The van der Waals surface area contributed by atoms with Gasteiger partial charge in [-0.15, -0.1) is 11.3 Å². The fourth-order valence-electron chi connectivity index (χ4n) is 20.4. The minimum Gasteiger partial charge on any atom is -0.456 e. The van der Waals surface area contributed by atoms with Gasteiger partial charge in [-0.05, 0) is 258 Å². The molecule has 2 aromatic heterocycles. The number of rotatable bonds is 4. The van der Waals surface area contributed by atoms with Crippen LogP contribution in [0.1, 0.15) is 141 Å². The minimum absolute atomic E-state index is 0.0256. The molecule has 0 saturated heterocycles. The third-order valence-corrected chi connectivity index (χ3v) is 26.6. The molecule has 0 aliphatic heterocycles. The van der Waals surface area contributed by atoms with Crippen LogP contribution in [-0.2, 0) is 27.1 Å². The molecule has 0 atom stereocenters. The summed E-state index contributed by atoms with van der Waals surface area (Å²) < 4.78 is 8.92. The Kier molecular flexibility index (Phi) is 19.6. The Balaban J connectivity index is 0.000000108. The number of nitriles is 2. The minimum atomic E-state index is -0.162. The van der Waals surface area contributed by atoms with E-state index in [1.807, 2.05) is 41.7 Å². The molecule has 0 N–H and O–H groups in total. The third-order valence-electron chi connectivity index (χ3n) is 25.5. The molecule has 0 spiro atoms. The van der Waals surface area contributed by atoms with E-state index in [0.717, 1.165) is 22.3 Å². The molecule has 123 heavy (non-hydrogen) atoms. The number of furan rings is 1. The predicted octanol–water partition coefficient (Wildman–Crippen LogP) is 34.1. The standard InChI is InChI=1S/C34H29N.C30H24O.C30H24S.C25H21N/c1-33(2,3)32-27-12-8-6-10-25(27)31(26-11-7-9-13-28(26)32)22-15-17-24-23-16-14-21(20-35)18-29(23)34(4,5)30(24)19-22;2*1-30(2,3)29-24-13-6-4-11-22(24)28(23-12-5-7-14-25(23)29)19-16-17-21-20-10-8-9-15-26(20)31-27(21)18-19;1-25(2,3)24-21-10-6-4-8-19(21)23(20-9-5-7-11-22(20)24)18-14-12-17(16-26)13-15-18/h6-19H,1-5H3;2*4-18H,1-3H3;4-15H,1-3H3. The summed E-state index contributed by atoms with van der Waals surface area (Å²) in [5.74, 6) is 0. The maximum atomic E-state index is 9.48. The lowest BCUT2D eigenvalue weighted by Crippen LogP contribution is -2.15. The molecule has 1 aliphatic carbocycles. The Morgan fingerprint density at radius 3 is 0.886 bits per heavy atom. The van der Waals surface area contributed by atoms with E-state index in [1.54, 1.807) is 0 Å². The summed E-state index contributed by atoms with van der Waals surface area (Å²) in [6, 6.07) is 127. The number of fused-ring (bicyclic) bond motifs is 17. The van der Waals surface area contributed by atoms with Crippen molar-refractivity contribution in [3.8, 4) is 67.8 Å². The number of hydrogen-bond donors (Lipinski definition) is 0. The van der Waals surface area contributed by atoms with Crippen LogP contribution in [0.2, 0.25) is 0 Å². The average molecular weight is 1600 g/mol. The SMILES string of the molecule is CC(C)(C)c1c2ccccc2c(-c2ccc(C#N)cc2)c2ccccc12.CC(C)(C)c1c2ccccc2c(-c2ccc3c(c2)C(C)(C)c2cc(C#N)ccc2-3)c2ccccc12.CC(C)(C)c1c2ccccc2c(-c2ccc3c(c2)oc2ccccc23)c2ccccc12.CC(C)(C)c1c2ccccc2c(-c2ccc3c(c2)sc2ccccc23)c2ccccc12. The Bertz CT molecular complexity index is 7480. The fourth-order valence-corrected chi connectivity index (χ4v) is 21.6. The van der Waals surface area contributed by atoms with Crippen LogP contribution in [0.5, 0.6) is 0 Å². The van der Waals surface area contributed by atoms with Gasteiger partial charge in [-0.25, -0.2) is 0 Å². The molecule has 0 amide bonds. The van der Waals surface area contributed by atoms with E-state index in [-0.39, 0.29) is 27.1 Å². The van der Waals surface area contributed by atoms with Crippen LogP contribution >= 0.6 is 11.3 Å². The Morgan fingerprint density at radius 2 is 0.504 bits per heavy atom. The Hall–Kier alpha value is -13.7. The highest BCUT2D eigenvalue weighted by atomic mass is 32.1. The van der Waals surface area contributed by atoms with E-state index >= 15 is 0 Å². The zero-order valence-corrected chi connectivity index (χ0v) is 73.4. The van der Waals surface area contributed by atoms with Crippen molar-refractivity contribution in [2.75, 3.05) is 0 Å². The maximum absolute atomic E-state index is 9.48. The first-order chi connectivity index (χ1) is 59.3. The van der Waals surface area contributed by atoms with Crippen molar-refractivity contribution in [1.29, 1.82) is 10.5 Å². The second-order valence-electron chi connectivity index (χ2n) is 37.9. The second kappa shape index (κ2) is 30.4. The molecule has 3 nitrogen and oxygen atoms in total. The maximum Gasteiger partial charge on any atom is 0.136 e. The quantitative estimate of drug-likeness (QED) is 0.165. The Labute approximate surface area is 725 Å². The van der Waals surface area contributed by atoms with Gasteiger partial charge < -0.3 is 4.42 Å². The van der Waals surface area contributed by atoms with E-state index in [9.17, 15) is 5.26 Å². The highest BCUT2D eigenvalue weighted by Crippen LogP contribution is 2.54. The smallest absolute Gasteiger partial charge is 0.136 e. The molecular weight excluding hydrogens is 1510 g/mol. The third kappa shape index (κ3) is 13.7. The first-order valence-electron chi connectivity index (χ1n) is 43.1. The lowest BCUT2D eigenvalue weighted by Gasteiger charge is -2.27. The van der Waals surface area contributed by atoms with Crippen molar-refractivity contribution in [2.45, 2.75) is 124 Å². The topological polar surface area (TPSA) is 60.7 Å². The van der Waals surface area contributed by atoms with E-state index < -0.39 is 0 Å². The van der Waals surface area contributed by atoms with Crippen molar-refractivity contribution in [1.82, 2.24) is 0 Å². The lowest BCUT2D eigenvalue weighted by atomic mass is 9.77. The van der Waals surface area contributed by atoms with Gasteiger partial charge in [0.25, 0.3) is 0 Å². The van der Waals surface area contributed by atoms with Crippen LogP contribution in [0, 0.1) is 22.7 Å². The fraction of sp³-hybridized carbons (Fsp3) is 0.160. The lowest BCUT2D eigenvalue weighted by molar-refractivity contribution is 0.601. The summed E-state index contributed by atoms with van der Waals surface area (Å²) in [5.41, 5.74) is 24.1. The molecule has 0 unspecified atom stereocenters. The second-order valence-corrected chi connectivity index (χ2v) is 39.0. The van der Waals surface area contributed by atoms with Crippen LogP contribution in [0.4, 0.5) is 0 Å². The van der Waals surface area contributed by atoms with E-state index in [1.165, 1.54) is 201 Å². The summed E-state index contributed by atoms with van der Waals surface area (Å²) in [6.07, 6.45) is 0. The highest BCUT2D eigenvalue weighted by Gasteiger charge is 2.37. The molecule has 1 aliphatic rings. The van der Waals surface area contributed by atoms with E-state index in [2.05, 4.69) is 418 Å². The van der Waals surface area contributed by atoms with Gasteiger partial charge in [0.2, 0.25) is 0 Å². The van der Waals surface area contributed by atoms with Gasteiger partial charge in [0, 0.05) is 36.4 Å². The molecule has 0 fully saturated rings. The van der Waals surface area contributed by atoms with Crippen LogP contribution in [0.25, 0.3) is 184 Å². The molecule has 0 radical (unpaired) electrons. The Morgan fingerprint density at radius 1 is 0.236 bits per heavy atom. The molecule has 2 heterocycles. The molecule has 596 valence electrons. The van der Waals surface area contributed by atoms with Gasteiger partial charge >= 0.3 is 0 Å². The van der Waals surface area contributed by atoms with E-state index in [4.69, 9.17) is 9.68 Å². The number of para-hydroxylation sites is 1. The summed E-state index contributed by atoms with van der Waals surface area (Å²) in [6.45, 7) is 32.2. The normalized spacial score (nSPS) is 12.7. The molecule has 21 aromatic rings. The van der Waals surface area contributed by atoms with Crippen molar-refractivity contribution in [3.63, 3.8) is 0 Å². The van der Waals surface area contributed by atoms with Crippen LogP contribution in [-0.4, -0.2) is 0 Å². The molecule has 0 bridgehead atoms.